The minimum Gasteiger partial charge on any atom is -0.260 e. The van der Waals surface area contributed by atoms with Crippen LogP contribution >= 0.6 is 11.8 Å². The quantitative estimate of drug-likeness (QED) is 0.790. The van der Waals surface area contributed by atoms with E-state index in [1.807, 2.05) is 24.0 Å². The summed E-state index contributed by atoms with van der Waals surface area (Å²) in [6.07, 6.45) is 1.88. The average Bonchev–Trinajstić information content (AvgIpc) is 2.30. The van der Waals surface area contributed by atoms with Gasteiger partial charge in [-0.2, -0.15) is 11.8 Å². The van der Waals surface area contributed by atoms with Gasteiger partial charge in [-0.1, -0.05) is 30.3 Å². The van der Waals surface area contributed by atoms with E-state index in [1.54, 1.807) is 0 Å². The minimum absolute atomic E-state index is 0.983. The maximum atomic E-state index is 4.35. The fraction of sp³-hybridized carbons (Fsp3) is 0.214. The van der Waals surface area contributed by atoms with Crippen molar-refractivity contribution in [3.63, 3.8) is 0 Å². The molecule has 1 heterocycles. The second-order valence-corrected chi connectivity index (χ2v) is 4.79. The Labute approximate surface area is 101 Å². The van der Waals surface area contributed by atoms with Crippen molar-refractivity contribution in [1.29, 1.82) is 0 Å². The van der Waals surface area contributed by atoms with Crippen LogP contribution in [0.1, 0.15) is 16.8 Å². The maximum Gasteiger partial charge on any atom is 0.0505 e. The summed E-state index contributed by atoms with van der Waals surface area (Å²) in [7, 11) is 0. The van der Waals surface area contributed by atoms with E-state index in [0.29, 0.717) is 0 Å². The summed E-state index contributed by atoms with van der Waals surface area (Å²) in [6, 6.07) is 14.7. The zero-order valence-electron chi connectivity index (χ0n) is 9.39. The number of aromatic nitrogens is 1. The van der Waals surface area contributed by atoms with E-state index in [2.05, 4.69) is 48.3 Å². The lowest BCUT2D eigenvalue weighted by molar-refractivity contribution is 1.15. The molecule has 0 amide bonds. The van der Waals surface area contributed by atoms with Gasteiger partial charge in [0.05, 0.1) is 5.69 Å². The normalized spacial score (nSPS) is 10.3. The minimum atomic E-state index is 0.983. The lowest BCUT2D eigenvalue weighted by Crippen LogP contribution is -1.88. The molecule has 1 nitrogen and oxygen atoms in total. The standard InChI is InChI=1S/C14H15NS/c1-12-7-8-15-14(9-12)11-16-10-13-5-3-2-4-6-13/h2-9H,10-11H2,1H3. The molecule has 0 fully saturated rings. The summed E-state index contributed by atoms with van der Waals surface area (Å²) in [5.74, 6) is 2.03. The summed E-state index contributed by atoms with van der Waals surface area (Å²) in [5, 5.41) is 0. The van der Waals surface area contributed by atoms with Crippen molar-refractivity contribution < 1.29 is 0 Å². The van der Waals surface area contributed by atoms with Crippen LogP contribution in [0.5, 0.6) is 0 Å². The van der Waals surface area contributed by atoms with Crippen LogP contribution in [0.4, 0.5) is 0 Å². The molecule has 0 atom stereocenters. The molecule has 2 heteroatoms. The Kier molecular flexibility index (Phi) is 4.00. The highest BCUT2D eigenvalue weighted by molar-refractivity contribution is 7.97. The number of nitrogens with zero attached hydrogens (tertiary/aromatic N) is 1. The Hall–Kier alpha value is -1.28. The van der Waals surface area contributed by atoms with Gasteiger partial charge < -0.3 is 0 Å². The highest BCUT2D eigenvalue weighted by Crippen LogP contribution is 2.16. The third-order valence-electron chi connectivity index (χ3n) is 2.33. The van der Waals surface area contributed by atoms with Crippen LogP contribution in [0.2, 0.25) is 0 Å². The van der Waals surface area contributed by atoms with Crippen LogP contribution in [-0.4, -0.2) is 4.98 Å². The summed E-state index contributed by atoms with van der Waals surface area (Å²) in [4.78, 5) is 4.35. The van der Waals surface area contributed by atoms with Crippen LogP contribution in [-0.2, 0) is 11.5 Å². The maximum absolute atomic E-state index is 4.35. The number of hydrogen-bond acceptors (Lipinski definition) is 2. The Morgan fingerprint density at radius 3 is 2.62 bits per heavy atom. The highest BCUT2D eigenvalue weighted by atomic mass is 32.2. The number of aryl methyl sites for hydroxylation is 1. The first kappa shape index (κ1) is 11.2. The topological polar surface area (TPSA) is 12.9 Å². The van der Waals surface area contributed by atoms with Crippen molar-refractivity contribution in [1.82, 2.24) is 4.98 Å². The summed E-state index contributed by atoms with van der Waals surface area (Å²) >= 11 is 1.91. The van der Waals surface area contributed by atoms with Crippen LogP contribution in [0.3, 0.4) is 0 Å². The van der Waals surface area contributed by atoms with E-state index in [0.717, 1.165) is 11.5 Å². The van der Waals surface area contributed by atoms with Crippen molar-refractivity contribution in [2.24, 2.45) is 0 Å². The predicted molar refractivity (Wildman–Crippen MR) is 70.4 cm³/mol. The Morgan fingerprint density at radius 1 is 1.06 bits per heavy atom. The second kappa shape index (κ2) is 5.71. The van der Waals surface area contributed by atoms with Crippen LogP contribution in [0.25, 0.3) is 0 Å². The van der Waals surface area contributed by atoms with Crippen LogP contribution in [0, 0.1) is 6.92 Å². The zero-order chi connectivity index (χ0) is 11.2. The third kappa shape index (κ3) is 3.38. The van der Waals surface area contributed by atoms with E-state index in [1.165, 1.54) is 16.8 Å². The zero-order valence-corrected chi connectivity index (χ0v) is 10.2. The van der Waals surface area contributed by atoms with Gasteiger partial charge >= 0.3 is 0 Å². The molecule has 0 saturated carbocycles. The highest BCUT2D eigenvalue weighted by Gasteiger charge is 1.96. The third-order valence-corrected chi connectivity index (χ3v) is 3.37. The van der Waals surface area contributed by atoms with Gasteiger partial charge in [-0.3, -0.25) is 4.98 Å². The molecular weight excluding hydrogens is 214 g/mol. The monoisotopic (exact) mass is 229 g/mol. The second-order valence-electron chi connectivity index (χ2n) is 3.80. The van der Waals surface area contributed by atoms with Gasteiger partial charge in [0.2, 0.25) is 0 Å². The van der Waals surface area contributed by atoms with Crippen LogP contribution < -0.4 is 0 Å². The van der Waals surface area contributed by atoms with Gasteiger partial charge in [-0.15, -0.1) is 0 Å². The van der Waals surface area contributed by atoms with Crippen molar-refractivity contribution >= 4 is 11.8 Å². The molecule has 0 radical (unpaired) electrons. The first-order valence-electron chi connectivity index (χ1n) is 5.38. The molecule has 0 aliphatic heterocycles. The number of thioether (sulfide) groups is 1. The van der Waals surface area contributed by atoms with Gasteiger partial charge in [0.25, 0.3) is 0 Å². The molecule has 0 aliphatic carbocycles. The van der Waals surface area contributed by atoms with E-state index < -0.39 is 0 Å². The van der Waals surface area contributed by atoms with Gasteiger partial charge in [0, 0.05) is 17.7 Å². The summed E-state index contributed by atoms with van der Waals surface area (Å²) in [6.45, 7) is 2.10. The number of hydrogen-bond donors (Lipinski definition) is 0. The Morgan fingerprint density at radius 2 is 1.88 bits per heavy atom. The molecule has 1 aromatic carbocycles. The largest absolute Gasteiger partial charge is 0.260 e. The van der Waals surface area contributed by atoms with Crippen molar-refractivity contribution in [3.8, 4) is 0 Å². The van der Waals surface area contributed by atoms with Crippen molar-refractivity contribution in [3.05, 3.63) is 65.5 Å². The van der Waals surface area contributed by atoms with Crippen molar-refractivity contribution in [2.45, 2.75) is 18.4 Å². The molecule has 2 rings (SSSR count). The average molecular weight is 229 g/mol. The molecule has 0 bridgehead atoms. The van der Waals surface area contributed by atoms with E-state index in [-0.39, 0.29) is 0 Å². The first-order chi connectivity index (χ1) is 7.84. The number of pyridine rings is 1. The SMILES string of the molecule is Cc1ccnc(CSCc2ccccc2)c1. The number of rotatable bonds is 4. The molecule has 82 valence electrons. The Bertz CT molecular complexity index is 439. The van der Waals surface area contributed by atoms with E-state index in [4.69, 9.17) is 0 Å². The van der Waals surface area contributed by atoms with Gasteiger partial charge in [-0.05, 0) is 30.2 Å². The van der Waals surface area contributed by atoms with Crippen molar-refractivity contribution in [2.75, 3.05) is 0 Å². The molecule has 0 N–H and O–H groups in total. The van der Waals surface area contributed by atoms with E-state index >= 15 is 0 Å². The smallest absolute Gasteiger partial charge is 0.0505 e. The van der Waals surface area contributed by atoms with E-state index in [9.17, 15) is 0 Å². The van der Waals surface area contributed by atoms with Gasteiger partial charge in [0.1, 0.15) is 0 Å². The molecule has 0 saturated heterocycles. The molecule has 16 heavy (non-hydrogen) atoms. The molecule has 0 unspecified atom stereocenters. The molecule has 1 aromatic heterocycles. The fourth-order valence-corrected chi connectivity index (χ4v) is 2.42. The molecule has 2 aromatic rings. The molecule has 0 spiro atoms. The molecule has 0 aliphatic rings. The summed E-state index contributed by atoms with van der Waals surface area (Å²) < 4.78 is 0. The number of benzene rings is 1. The fourth-order valence-electron chi connectivity index (χ4n) is 1.53. The van der Waals surface area contributed by atoms with Gasteiger partial charge in [0.15, 0.2) is 0 Å². The van der Waals surface area contributed by atoms with Crippen LogP contribution in [0.15, 0.2) is 48.7 Å². The summed E-state index contributed by atoms with van der Waals surface area (Å²) in [5.41, 5.74) is 3.83. The first-order valence-corrected chi connectivity index (χ1v) is 6.53. The lowest BCUT2D eigenvalue weighted by Gasteiger charge is -2.02. The predicted octanol–water partition coefficient (Wildman–Crippen LogP) is 3.82. The molecular formula is C14H15NS. The Balaban J connectivity index is 1.85. The lowest BCUT2D eigenvalue weighted by atomic mass is 10.2. The van der Waals surface area contributed by atoms with Gasteiger partial charge in [-0.25, -0.2) is 0 Å².